The lowest BCUT2D eigenvalue weighted by molar-refractivity contribution is -0.133. The fourth-order valence-electron chi connectivity index (χ4n) is 3.33. The minimum Gasteiger partial charge on any atom is -0.486 e. The Morgan fingerprint density at radius 3 is 2.56 bits per heavy atom. The predicted molar refractivity (Wildman–Crippen MR) is 101 cm³/mol. The molecule has 0 spiro atoms. The Bertz CT molecular complexity index is 853. The summed E-state index contributed by atoms with van der Waals surface area (Å²) in [5, 5.41) is 2.88. The Kier molecular flexibility index (Phi) is 4.71. The molecule has 2 amide bonds. The average Bonchev–Trinajstić information content (AvgIpc) is 3.49. The molecule has 2 atom stereocenters. The van der Waals surface area contributed by atoms with E-state index < -0.39 is 0 Å². The zero-order valence-electron chi connectivity index (χ0n) is 15.2. The number of benzene rings is 2. The van der Waals surface area contributed by atoms with Crippen molar-refractivity contribution >= 4 is 17.5 Å². The maximum Gasteiger partial charge on any atom is 0.228 e. The van der Waals surface area contributed by atoms with Gasteiger partial charge in [0.2, 0.25) is 11.8 Å². The van der Waals surface area contributed by atoms with Crippen LogP contribution in [0.25, 0.3) is 0 Å². The highest BCUT2D eigenvalue weighted by Crippen LogP contribution is 2.41. The molecule has 6 nitrogen and oxygen atoms in total. The monoisotopic (exact) mass is 366 g/mol. The van der Waals surface area contributed by atoms with Crippen LogP contribution in [0.1, 0.15) is 12.0 Å². The van der Waals surface area contributed by atoms with Crippen LogP contribution in [-0.4, -0.2) is 37.0 Å². The van der Waals surface area contributed by atoms with E-state index in [-0.39, 0.29) is 23.7 Å². The van der Waals surface area contributed by atoms with Crippen LogP contribution >= 0.6 is 0 Å². The molecule has 4 rings (SSSR count). The third-order valence-electron chi connectivity index (χ3n) is 4.89. The van der Waals surface area contributed by atoms with E-state index in [1.807, 2.05) is 30.3 Å². The van der Waals surface area contributed by atoms with Crippen molar-refractivity contribution in [2.24, 2.45) is 11.8 Å². The second-order valence-electron chi connectivity index (χ2n) is 6.98. The lowest BCUT2D eigenvalue weighted by Gasteiger charge is -2.19. The van der Waals surface area contributed by atoms with Gasteiger partial charge in [-0.1, -0.05) is 30.3 Å². The van der Waals surface area contributed by atoms with Gasteiger partial charge in [0.25, 0.3) is 0 Å². The Labute approximate surface area is 158 Å². The van der Waals surface area contributed by atoms with E-state index in [4.69, 9.17) is 9.47 Å². The van der Waals surface area contributed by atoms with E-state index in [1.165, 1.54) is 0 Å². The number of carbonyl (C=O) groups is 2. The first-order valence-electron chi connectivity index (χ1n) is 9.11. The largest absolute Gasteiger partial charge is 0.486 e. The van der Waals surface area contributed by atoms with Crippen molar-refractivity contribution < 1.29 is 19.1 Å². The van der Waals surface area contributed by atoms with Gasteiger partial charge in [-0.2, -0.15) is 0 Å². The SMILES string of the molecule is CN(Cc1ccccc1)C(=O)C1CC1C(=O)Nc1ccc2c(c1)OCCO2. The predicted octanol–water partition coefficient (Wildman–Crippen LogP) is 2.69. The second-order valence-corrected chi connectivity index (χ2v) is 6.98. The van der Waals surface area contributed by atoms with Gasteiger partial charge in [0.05, 0.1) is 11.8 Å². The lowest BCUT2D eigenvalue weighted by atomic mass is 10.2. The molecule has 2 unspecified atom stereocenters. The molecular formula is C21H22N2O4. The molecule has 1 N–H and O–H groups in total. The van der Waals surface area contributed by atoms with Gasteiger partial charge in [-0.25, -0.2) is 0 Å². The minimum atomic E-state index is -0.274. The fraction of sp³-hybridized carbons (Fsp3) is 0.333. The van der Waals surface area contributed by atoms with Gasteiger partial charge in [-0.15, -0.1) is 0 Å². The molecule has 6 heteroatoms. The van der Waals surface area contributed by atoms with Crippen molar-refractivity contribution in [3.05, 3.63) is 54.1 Å². The van der Waals surface area contributed by atoms with Crippen molar-refractivity contribution in [2.45, 2.75) is 13.0 Å². The summed E-state index contributed by atoms with van der Waals surface area (Å²) in [4.78, 5) is 26.8. The molecular weight excluding hydrogens is 344 g/mol. The van der Waals surface area contributed by atoms with Gasteiger partial charge in [0.1, 0.15) is 13.2 Å². The van der Waals surface area contributed by atoms with Gasteiger partial charge in [0.15, 0.2) is 11.5 Å². The number of nitrogens with zero attached hydrogens (tertiary/aromatic N) is 1. The lowest BCUT2D eigenvalue weighted by Crippen LogP contribution is -2.29. The Morgan fingerprint density at radius 2 is 1.78 bits per heavy atom. The molecule has 0 bridgehead atoms. The van der Waals surface area contributed by atoms with Crippen LogP contribution in [0.5, 0.6) is 11.5 Å². The smallest absolute Gasteiger partial charge is 0.228 e. The molecule has 0 aromatic heterocycles. The Hall–Kier alpha value is -3.02. The second kappa shape index (κ2) is 7.31. The van der Waals surface area contributed by atoms with Crippen LogP contribution in [0.3, 0.4) is 0 Å². The number of carbonyl (C=O) groups excluding carboxylic acids is 2. The zero-order valence-corrected chi connectivity index (χ0v) is 15.2. The molecule has 2 aromatic carbocycles. The number of hydrogen-bond donors (Lipinski definition) is 1. The van der Waals surface area contributed by atoms with Crippen molar-refractivity contribution in [1.82, 2.24) is 4.90 Å². The third kappa shape index (κ3) is 3.89. The number of hydrogen-bond acceptors (Lipinski definition) is 4. The van der Waals surface area contributed by atoms with Gasteiger partial charge >= 0.3 is 0 Å². The number of nitrogens with one attached hydrogen (secondary N) is 1. The van der Waals surface area contributed by atoms with Crippen LogP contribution in [0.15, 0.2) is 48.5 Å². The molecule has 1 saturated carbocycles. The number of fused-ring (bicyclic) bond motifs is 1. The molecule has 2 aliphatic rings. The van der Waals surface area contributed by atoms with Crippen LogP contribution in [0.4, 0.5) is 5.69 Å². The summed E-state index contributed by atoms with van der Waals surface area (Å²) in [6.07, 6.45) is 0.592. The van der Waals surface area contributed by atoms with E-state index in [1.54, 1.807) is 30.1 Å². The highest BCUT2D eigenvalue weighted by Gasteiger charge is 2.49. The van der Waals surface area contributed by atoms with Gasteiger partial charge in [-0.3, -0.25) is 9.59 Å². The summed E-state index contributed by atoms with van der Waals surface area (Å²) in [6.45, 7) is 1.57. The summed E-state index contributed by atoms with van der Waals surface area (Å²) in [7, 11) is 1.78. The Morgan fingerprint density at radius 1 is 1.04 bits per heavy atom. The summed E-state index contributed by atoms with van der Waals surface area (Å²) < 4.78 is 11.0. The van der Waals surface area contributed by atoms with E-state index in [0.29, 0.717) is 43.4 Å². The first-order chi connectivity index (χ1) is 13.1. The van der Waals surface area contributed by atoms with E-state index in [0.717, 1.165) is 5.56 Å². The molecule has 140 valence electrons. The first-order valence-corrected chi connectivity index (χ1v) is 9.11. The van der Waals surface area contributed by atoms with Gasteiger partial charge in [0, 0.05) is 25.3 Å². The number of rotatable bonds is 5. The molecule has 0 saturated heterocycles. The standard InChI is InChI=1S/C21H22N2O4/c1-23(13-14-5-3-2-4-6-14)21(25)17-12-16(17)20(24)22-15-7-8-18-19(11-15)27-10-9-26-18/h2-8,11,16-17H,9-10,12-13H2,1H3,(H,22,24). The van der Waals surface area contributed by atoms with Crippen LogP contribution in [0.2, 0.25) is 0 Å². The van der Waals surface area contributed by atoms with Crippen LogP contribution in [-0.2, 0) is 16.1 Å². The molecule has 1 heterocycles. The van der Waals surface area contributed by atoms with Crippen molar-refractivity contribution in [3.63, 3.8) is 0 Å². The normalized spacial score (nSPS) is 19.9. The topological polar surface area (TPSA) is 67.9 Å². The molecule has 2 aromatic rings. The van der Waals surface area contributed by atoms with Crippen molar-refractivity contribution in [2.75, 3.05) is 25.6 Å². The Balaban J connectivity index is 1.32. The van der Waals surface area contributed by atoms with Crippen molar-refractivity contribution in [3.8, 4) is 11.5 Å². The highest BCUT2D eigenvalue weighted by atomic mass is 16.6. The maximum absolute atomic E-state index is 12.6. The molecule has 0 radical (unpaired) electrons. The highest BCUT2D eigenvalue weighted by molar-refractivity contribution is 5.99. The van der Waals surface area contributed by atoms with Gasteiger partial charge < -0.3 is 19.7 Å². The molecule has 1 aliphatic carbocycles. The van der Waals surface area contributed by atoms with E-state index >= 15 is 0 Å². The van der Waals surface area contributed by atoms with E-state index in [2.05, 4.69) is 5.32 Å². The summed E-state index contributed by atoms with van der Waals surface area (Å²) in [5.74, 6) is 0.686. The average molecular weight is 366 g/mol. The number of ether oxygens (including phenoxy) is 2. The quantitative estimate of drug-likeness (QED) is 0.883. The summed E-state index contributed by atoms with van der Waals surface area (Å²) in [5.41, 5.74) is 1.73. The first kappa shape index (κ1) is 17.4. The number of anilines is 1. The van der Waals surface area contributed by atoms with Crippen LogP contribution in [0, 0.1) is 11.8 Å². The van der Waals surface area contributed by atoms with Gasteiger partial charge in [-0.05, 0) is 24.1 Å². The summed E-state index contributed by atoms with van der Waals surface area (Å²) >= 11 is 0. The molecule has 27 heavy (non-hydrogen) atoms. The zero-order chi connectivity index (χ0) is 18.8. The minimum absolute atomic E-state index is 0.0150. The maximum atomic E-state index is 12.6. The molecule has 1 fully saturated rings. The summed E-state index contributed by atoms with van der Waals surface area (Å²) in [6, 6.07) is 15.2. The van der Waals surface area contributed by atoms with Crippen molar-refractivity contribution in [1.29, 1.82) is 0 Å². The van der Waals surface area contributed by atoms with Crippen LogP contribution < -0.4 is 14.8 Å². The number of amides is 2. The fourth-order valence-corrected chi connectivity index (χ4v) is 3.33. The molecule has 1 aliphatic heterocycles. The van der Waals surface area contributed by atoms with E-state index in [9.17, 15) is 9.59 Å². The third-order valence-corrected chi connectivity index (χ3v) is 4.89.